The van der Waals surface area contributed by atoms with Crippen LogP contribution in [0.4, 0.5) is 0 Å². The van der Waals surface area contributed by atoms with E-state index in [1.165, 1.54) is 0 Å². The summed E-state index contributed by atoms with van der Waals surface area (Å²) in [4.78, 5) is 0.372. The van der Waals surface area contributed by atoms with Crippen LogP contribution in [0.5, 0.6) is 0 Å². The van der Waals surface area contributed by atoms with Crippen LogP contribution in [0.15, 0.2) is 23.1 Å². The van der Waals surface area contributed by atoms with E-state index in [-0.39, 0.29) is 17.1 Å². The Hall–Kier alpha value is -1.34. The SMILES string of the molecule is CCCC(C)(C)C1CCS(=O)(=O)c2cc(C#N)ccc21. The van der Waals surface area contributed by atoms with Crippen molar-refractivity contribution in [3.8, 4) is 6.07 Å². The van der Waals surface area contributed by atoms with Gasteiger partial charge in [-0.2, -0.15) is 5.26 Å². The van der Waals surface area contributed by atoms with E-state index in [0.29, 0.717) is 16.9 Å². The second-order valence-corrected chi connectivity index (χ2v) is 8.34. The van der Waals surface area contributed by atoms with Crippen molar-refractivity contribution in [3.05, 3.63) is 29.3 Å². The van der Waals surface area contributed by atoms with Crippen molar-refractivity contribution in [3.63, 3.8) is 0 Å². The van der Waals surface area contributed by atoms with E-state index in [1.54, 1.807) is 12.1 Å². The lowest BCUT2D eigenvalue weighted by atomic mass is 9.70. The molecule has 1 heterocycles. The molecule has 1 atom stereocenters. The smallest absolute Gasteiger partial charge is 0.178 e. The van der Waals surface area contributed by atoms with E-state index >= 15 is 0 Å². The van der Waals surface area contributed by atoms with Crippen molar-refractivity contribution in [2.45, 2.75) is 50.8 Å². The van der Waals surface area contributed by atoms with Crippen molar-refractivity contribution < 1.29 is 8.42 Å². The summed E-state index contributed by atoms with van der Waals surface area (Å²) in [5.41, 5.74) is 1.39. The van der Waals surface area contributed by atoms with Crippen molar-refractivity contribution in [2.24, 2.45) is 5.41 Å². The molecule has 1 aliphatic rings. The molecular weight excluding hydrogens is 270 g/mol. The van der Waals surface area contributed by atoms with Gasteiger partial charge in [0.25, 0.3) is 0 Å². The van der Waals surface area contributed by atoms with Crippen LogP contribution < -0.4 is 0 Å². The zero-order valence-corrected chi connectivity index (χ0v) is 13.1. The third-order valence-electron chi connectivity index (χ3n) is 4.37. The average molecular weight is 291 g/mol. The topological polar surface area (TPSA) is 57.9 Å². The number of nitrogens with zero attached hydrogens (tertiary/aromatic N) is 1. The van der Waals surface area contributed by atoms with Crippen LogP contribution in [0, 0.1) is 16.7 Å². The zero-order chi connectivity index (χ0) is 15.0. The zero-order valence-electron chi connectivity index (χ0n) is 12.3. The largest absolute Gasteiger partial charge is 0.224 e. The molecule has 0 bridgehead atoms. The second-order valence-electron chi connectivity index (χ2n) is 6.26. The van der Waals surface area contributed by atoms with Gasteiger partial charge in [0.2, 0.25) is 0 Å². The van der Waals surface area contributed by atoms with Crippen molar-refractivity contribution in [2.75, 3.05) is 5.75 Å². The summed E-state index contributed by atoms with van der Waals surface area (Å²) >= 11 is 0. The second kappa shape index (κ2) is 5.21. The first kappa shape index (κ1) is 15.1. The minimum absolute atomic E-state index is 0.0770. The summed E-state index contributed by atoms with van der Waals surface area (Å²) in [6, 6.07) is 7.14. The van der Waals surface area contributed by atoms with Crippen molar-refractivity contribution in [1.82, 2.24) is 0 Å². The molecule has 2 rings (SSSR count). The molecule has 0 spiro atoms. The Balaban J connectivity index is 2.57. The average Bonchev–Trinajstić information content (AvgIpc) is 2.38. The monoisotopic (exact) mass is 291 g/mol. The molecule has 4 heteroatoms. The number of hydrogen-bond acceptors (Lipinski definition) is 3. The molecule has 0 fully saturated rings. The van der Waals surface area contributed by atoms with E-state index in [0.717, 1.165) is 18.4 Å². The first-order valence-electron chi connectivity index (χ1n) is 7.08. The molecule has 1 unspecified atom stereocenters. The lowest BCUT2D eigenvalue weighted by molar-refractivity contribution is 0.248. The summed E-state index contributed by atoms with van der Waals surface area (Å²) in [5.74, 6) is 0.431. The highest BCUT2D eigenvalue weighted by Gasteiger charge is 2.38. The molecule has 0 aromatic heterocycles. The maximum Gasteiger partial charge on any atom is 0.178 e. The molecule has 108 valence electrons. The molecular formula is C16H21NO2S. The molecule has 3 nitrogen and oxygen atoms in total. The summed E-state index contributed by atoms with van der Waals surface area (Å²) < 4.78 is 24.5. The van der Waals surface area contributed by atoms with Gasteiger partial charge in [0.15, 0.2) is 9.84 Å². The Labute approximate surface area is 121 Å². The fourth-order valence-electron chi connectivity index (χ4n) is 3.33. The molecule has 0 radical (unpaired) electrons. The number of rotatable bonds is 3. The Kier molecular flexibility index (Phi) is 3.93. The number of nitriles is 1. The van der Waals surface area contributed by atoms with Gasteiger partial charge in [-0.25, -0.2) is 8.42 Å². The van der Waals surface area contributed by atoms with Gasteiger partial charge in [-0.1, -0.05) is 33.3 Å². The van der Waals surface area contributed by atoms with Gasteiger partial charge < -0.3 is 0 Å². The molecule has 0 saturated heterocycles. The number of hydrogen-bond donors (Lipinski definition) is 0. The van der Waals surface area contributed by atoms with Crippen LogP contribution in [0.1, 0.15) is 57.1 Å². The summed E-state index contributed by atoms with van der Waals surface area (Å²) in [6.45, 7) is 6.57. The predicted octanol–water partition coefficient (Wildman–Crippen LogP) is 3.65. The van der Waals surface area contributed by atoms with E-state index in [9.17, 15) is 8.42 Å². The van der Waals surface area contributed by atoms with E-state index < -0.39 is 9.84 Å². The minimum atomic E-state index is -3.23. The van der Waals surface area contributed by atoms with Gasteiger partial charge in [0, 0.05) is 0 Å². The van der Waals surface area contributed by atoms with Gasteiger partial charge >= 0.3 is 0 Å². The lowest BCUT2D eigenvalue weighted by Gasteiger charge is -2.38. The number of benzene rings is 1. The highest BCUT2D eigenvalue weighted by molar-refractivity contribution is 7.91. The summed E-state index contributed by atoms with van der Waals surface area (Å²) in [7, 11) is -3.23. The highest BCUT2D eigenvalue weighted by atomic mass is 32.2. The van der Waals surface area contributed by atoms with Gasteiger partial charge in [-0.3, -0.25) is 0 Å². The molecule has 1 aliphatic heterocycles. The fourth-order valence-corrected chi connectivity index (χ4v) is 4.97. The van der Waals surface area contributed by atoms with Crippen LogP contribution in [0.25, 0.3) is 0 Å². The van der Waals surface area contributed by atoms with Crippen LogP contribution >= 0.6 is 0 Å². The molecule has 1 aromatic carbocycles. The molecule has 1 aromatic rings. The van der Waals surface area contributed by atoms with Crippen molar-refractivity contribution >= 4 is 9.84 Å². The maximum atomic E-state index is 12.3. The predicted molar refractivity (Wildman–Crippen MR) is 79.3 cm³/mol. The first-order chi connectivity index (χ1) is 9.31. The molecule has 20 heavy (non-hydrogen) atoms. The van der Waals surface area contributed by atoms with Gasteiger partial charge in [-0.15, -0.1) is 0 Å². The van der Waals surface area contributed by atoms with Crippen LogP contribution in [-0.4, -0.2) is 14.2 Å². The number of sulfone groups is 1. The Morgan fingerprint density at radius 2 is 2.10 bits per heavy atom. The summed E-state index contributed by atoms with van der Waals surface area (Å²) in [5, 5.41) is 8.97. The lowest BCUT2D eigenvalue weighted by Crippen LogP contribution is -2.30. The normalized spacial score (nSPS) is 21.0. The third-order valence-corrected chi connectivity index (χ3v) is 6.16. The molecule has 0 aliphatic carbocycles. The standard InChI is InChI=1S/C16H21NO2S/c1-4-8-16(2,3)14-7-9-20(18,19)15-10-12(11-17)5-6-13(14)15/h5-6,10,14H,4,7-9H2,1-3H3. The van der Waals surface area contributed by atoms with Crippen molar-refractivity contribution in [1.29, 1.82) is 5.26 Å². The van der Waals surface area contributed by atoms with Crippen LogP contribution in [0.3, 0.4) is 0 Å². The molecule has 0 amide bonds. The van der Waals surface area contributed by atoms with E-state index in [4.69, 9.17) is 5.26 Å². The van der Waals surface area contributed by atoms with Gasteiger partial charge in [-0.05, 0) is 41.9 Å². The first-order valence-corrected chi connectivity index (χ1v) is 8.74. The van der Waals surface area contributed by atoms with Gasteiger partial charge in [0.1, 0.15) is 0 Å². The highest BCUT2D eigenvalue weighted by Crippen LogP contribution is 2.46. The molecule has 0 N–H and O–H groups in total. The minimum Gasteiger partial charge on any atom is -0.224 e. The summed E-state index contributed by atoms with van der Waals surface area (Å²) in [6.07, 6.45) is 2.83. The quantitative estimate of drug-likeness (QED) is 0.854. The van der Waals surface area contributed by atoms with Crippen LogP contribution in [0.2, 0.25) is 0 Å². The third kappa shape index (κ3) is 2.60. The Morgan fingerprint density at radius 3 is 2.70 bits per heavy atom. The van der Waals surface area contributed by atoms with E-state index in [1.807, 2.05) is 12.1 Å². The van der Waals surface area contributed by atoms with Crippen LogP contribution in [-0.2, 0) is 9.84 Å². The maximum absolute atomic E-state index is 12.3. The van der Waals surface area contributed by atoms with Gasteiger partial charge in [0.05, 0.1) is 22.3 Å². The van der Waals surface area contributed by atoms with E-state index in [2.05, 4.69) is 20.8 Å². The fraction of sp³-hybridized carbons (Fsp3) is 0.562. The number of fused-ring (bicyclic) bond motifs is 1. The Bertz CT molecular complexity index is 654. The molecule has 0 saturated carbocycles. The Morgan fingerprint density at radius 1 is 1.40 bits per heavy atom.